The van der Waals surface area contributed by atoms with Crippen molar-refractivity contribution in [3.8, 4) is 0 Å². The molecule has 7 nitrogen and oxygen atoms in total. The van der Waals surface area contributed by atoms with Gasteiger partial charge >= 0.3 is 18.1 Å². The highest BCUT2D eigenvalue weighted by Crippen LogP contribution is 2.43. The molecular formula is C26H26F6N2O5S. The van der Waals surface area contributed by atoms with Crippen LogP contribution in [0.2, 0.25) is 0 Å². The Balaban J connectivity index is 1.56. The van der Waals surface area contributed by atoms with E-state index in [9.17, 15) is 40.0 Å². The maximum Gasteiger partial charge on any atom is 0.493 e. The van der Waals surface area contributed by atoms with Crippen molar-refractivity contribution in [2.45, 2.75) is 49.7 Å². The molecule has 1 aliphatic carbocycles. The van der Waals surface area contributed by atoms with E-state index in [2.05, 4.69) is 4.84 Å². The lowest BCUT2D eigenvalue weighted by atomic mass is 9.74. The first-order valence-corrected chi connectivity index (χ1v) is 14.2. The Labute approximate surface area is 226 Å². The summed E-state index contributed by atoms with van der Waals surface area (Å²) in [6, 6.07) is 7.78. The van der Waals surface area contributed by atoms with E-state index in [1.807, 2.05) is 4.90 Å². The van der Waals surface area contributed by atoms with Gasteiger partial charge in [-0.3, -0.25) is 14.1 Å². The number of hydrogen-bond donors (Lipinski definition) is 0. The van der Waals surface area contributed by atoms with Crippen LogP contribution in [0.4, 0.5) is 26.3 Å². The van der Waals surface area contributed by atoms with Gasteiger partial charge in [0.05, 0.1) is 18.5 Å². The molecule has 1 saturated heterocycles. The summed E-state index contributed by atoms with van der Waals surface area (Å²) in [6.07, 6.45) is -3.04. The zero-order chi connectivity index (χ0) is 29.5. The monoisotopic (exact) mass is 592 g/mol. The van der Waals surface area contributed by atoms with Crippen molar-refractivity contribution in [2.75, 3.05) is 26.0 Å². The van der Waals surface area contributed by atoms with Crippen LogP contribution in [0.15, 0.2) is 36.4 Å². The Kier molecular flexibility index (Phi) is 8.23. The number of sulfonamides is 1. The lowest BCUT2D eigenvalue weighted by molar-refractivity contribution is -0.216. The molecule has 0 bridgehead atoms. The lowest BCUT2D eigenvalue weighted by Gasteiger charge is -2.41. The van der Waals surface area contributed by atoms with E-state index in [4.69, 9.17) is 0 Å². The number of hydrogen-bond acceptors (Lipinski definition) is 6. The fourth-order valence-corrected chi connectivity index (χ4v) is 5.48. The minimum atomic E-state index is -5.60. The molecule has 1 saturated carbocycles. The number of carbonyl (C=O) groups excluding carboxylic acids is 2. The Hall–Kier alpha value is -3.13. The van der Waals surface area contributed by atoms with Crippen molar-refractivity contribution in [2.24, 2.45) is 0 Å². The molecular weight excluding hydrogens is 566 g/mol. The molecule has 1 amide bonds. The van der Waals surface area contributed by atoms with E-state index in [0.29, 0.717) is 61.7 Å². The fourth-order valence-electron chi connectivity index (χ4n) is 4.87. The number of rotatable bonds is 7. The normalized spacial score (nSPS) is 17.9. The zero-order valence-electron chi connectivity index (χ0n) is 21.3. The lowest BCUT2D eigenvalue weighted by Crippen LogP contribution is -2.43. The predicted octanol–water partition coefficient (Wildman–Crippen LogP) is 4.77. The van der Waals surface area contributed by atoms with Gasteiger partial charge in [-0.2, -0.15) is 13.2 Å². The summed E-state index contributed by atoms with van der Waals surface area (Å²) in [5.41, 5.74) is 0.0433. The van der Waals surface area contributed by atoms with Gasteiger partial charge in [0.2, 0.25) is 0 Å². The van der Waals surface area contributed by atoms with Crippen LogP contribution >= 0.6 is 0 Å². The summed E-state index contributed by atoms with van der Waals surface area (Å²) in [4.78, 5) is 29.8. The number of carbonyl (C=O) groups is 2. The predicted molar refractivity (Wildman–Crippen MR) is 130 cm³/mol. The average Bonchev–Trinajstić information content (AvgIpc) is 3.72. The highest BCUT2D eigenvalue weighted by atomic mass is 32.2. The molecule has 2 aliphatic rings. The Morgan fingerprint density at radius 1 is 1.07 bits per heavy atom. The van der Waals surface area contributed by atoms with Crippen LogP contribution in [0.5, 0.6) is 0 Å². The van der Waals surface area contributed by atoms with Crippen molar-refractivity contribution >= 4 is 21.9 Å². The average molecular weight is 593 g/mol. The molecule has 0 N–H and O–H groups in total. The van der Waals surface area contributed by atoms with Crippen LogP contribution in [0, 0.1) is 11.6 Å². The molecule has 0 radical (unpaired) electrons. The molecule has 0 atom stereocenters. The topological polar surface area (TPSA) is 84.0 Å². The first-order chi connectivity index (χ1) is 18.6. The van der Waals surface area contributed by atoms with Gasteiger partial charge in [-0.05, 0) is 85.6 Å². The van der Waals surface area contributed by atoms with Crippen LogP contribution < -0.4 is 0 Å². The zero-order valence-corrected chi connectivity index (χ0v) is 22.1. The van der Waals surface area contributed by atoms with E-state index in [1.54, 1.807) is 12.1 Å². The van der Waals surface area contributed by atoms with E-state index in [-0.39, 0.29) is 12.5 Å². The summed E-state index contributed by atoms with van der Waals surface area (Å²) in [5.74, 6) is -6.45. The van der Waals surface area contributed by atoms with Crippen molar-refractivity contribution < 1.29 is 49.2 Å². The Morgan fingerprint density at radius 2 is 1.68 bits per heavy atom. The number of benzene rings is 2. The van der Waals surface area contributed by atoms with Gasteiger partial charge in [0, 0.05) is 12.0 Å². The molecule has 0 spiro atoms. The first-order valence-electron chi connectivity index (χ1n) is 12.3. The number of hydroxylamine groups is 1. The number of halogens is 6. The molecule has 218 valence electrons. The highest BCUT2D eigenvalue weighted by molar-refractivity contribution is 7.88. The van der Waals surface area contributed by atoms with E-state index in [0.717, 1.165) is 12.1 Å². The summed E-state index contributed by atoms with van der Waals surface area (Å²) in [6.45, 7) is 0.453. The number of amides is 1. The largest absolute Gasteiger partial charge is 0.493 e. The van der Waals surface area contributed by atoms with Crippen LogP contribution in [-0.2, 0) is 31.6 Å². The molecule has 14 heteroatoms. The third kappa shape index (κ3) is 6.43. The maximum absolute atomic E-state index is 15.2. The molecule has 0 unspecified atom stereocenters. The molecule has 1 heterocycles. The first kappa shape index (κ1) is 29.8. The van der Waals surface area contributed by atoms with Gasteiger partial charge in [0.1, 0.15) is 11.6 Å². The minimum absolute atomic E-state index is 0.0829. The quantitative estimate of drug-likeness (QED) is 0.341. The molecule has 1 aliphatic heterocycles. The second-order valence-electron chi connectivity index (χ2n) is 10.2. The second-order valence-corrected chi connectivity index (χ2v) is 12.0. The molecule has 40 heavy (non-hydrogen) atoms. The van der Waals surface area contributed by atoms with Crippen molar-refractivity contribution in [1.29, 1.82) is 0 Å². The van der Waals surface area contributed by atoms with E-state index >= 15 is 4.39 Å². The van der Waals surface area contributed by atoms with Crippen molar-refractivity contribution in [3.05, 3.63) is 70.3 Å². The summed E-state index contributed by atoms with van der Waals surface area (Å²) >= 11 is 0. The Bertz CT molecular complexity index is 1390. The van der Waals surface area contributed by atoms with Crippen LogP contribution in [0.1, 0.15) is 58.6 Å². The van der Waals surface area contributed by atoms with Gasteiger partial charge in [-0.25, -0.2) is 22.0 Å². The summed E-state index contributed by atoms with van der Waals surface area (Å²) in [7, 11) is -4.86. The minimum Gasteiger partial charge on any atom is -0.314 e. The molecule has 2 aromatic carbocycles. The van der Waals surface area contributed by atoms with Gasteiger partial charge < -0.3 is 4.84 Å². The summed E-state index contributed by atoms with van der Waals surface area (Å²) in [5, 5.41) is 0. The number of nitrogens with zero attached hydrogens (tertiary/aromatic N) is 2. The highest BCUT2D eigenvalue weighted by Gasteiger charge is 2.46. The van der Waals surface area contributed by atoms with Crippen LogP contribution in [0.3, 0.4) is 0 Å². The maximum atomic E-state index is 15.2. The second kappa shape index (κ2) is 11.0. The molecule has 0 aromatic heterocycles. The van der Waals surface area contributed by atoms with E-state index < -0.39 is 61.8 Å². The van der Waals surface area contributed by atoms with Crippen molar-refractivity contribution in [3.63, 3.8) is 0 Å². The SMILES string of the molecule is CS(=O)(=O)N(OC(=O)C(F)(F)F)C(=O)c1cc(C2CC2)c(CN2CCC(CF)(c3ccc(F)cc3)CC2)cc1F. The van der Waals surface area contributed by atoms with Crippen LogP contribution in [-0.4, -0.2) is 61.9 Å². The van der Waals surface area contributed by atoms with E-state index in [1.165, 1.54) is 12.1 Å². The molecule has 4 rings (SSSR count). The standard InChI is InChI=1S/C26H26F6N2O5S/c1-40(37,38)34(39-24(36)26(30,31)32)23(35)21-13-20(16-2-3-16)17(12-22(21)29)14-33-10-8-25(15-27,9-11-33)18-4-6-19(28)7-5-18/h4-7,12-13,16H,2-3,8-11,14-15H2,1H3. The van der Waals surface area contributed by atoms with Gasteiger partial charge in [0.15, 0.2) is 0 Å². The van der Waals surface area contributed by atoms with Gasteiger partial charge in [-0.15, -0.1) is 0 Å². The number of alkyl halides is 4. The smallest absolute Gasteiger partial charge is 0.314 e. The van der Waals surface area contributed by atoms with Gasteiger partial charge in [0.25, 0.3) is 10.0 Å². The molecule has 2 fully saturated rings. The molecule has 2 aromatic rings. The third-order valence-electron chi connectivity index (χ3n) is 7.26. The number of piperidine rings is 1. The fraction of sp³-hybridized carbons (Fsp3) is 0.462. The Morgan fingerprint density at radius 3 is 2.17 bits per heavy atom. The third-order valence-corrected chi connectivity index (χ3v) is 8.10. The van der Waals surface area contributed by atoms with Gasteiger partial charge in [-0.1, -0.05) is 16.6 Å². The summed E-state index contributed by atoms with van der Waals surface area (Å²) < 4.78 is 104. The van der Waals surface area contributed by atoms with Crippen LogP contribution in [0.25, 0.3) is 0 Å². The van der Waals surface area contributed by atoms with Crippen molar-refractivity contribution in [1.82, 2.24) is 9.37 Å². The number of likely N-dealkylation sites (tertiary alicyclic amines) is 1.